The van der Waals surface area contributed by atoms with Gasteiger partial charge in [-0.3, -0.25) is 4.79 Å². The van der Waals surface area contributed by atoms with Crippen LogP contribution in [0.4, 0.5) is 0 Å². The minimum atomic E-state index is -0.309. The smallest absolute Gasteiger partial charge is 0.230 e. The van der Waals surface area contributed by atoms with E-state index in [0.717, 1.165) is 17.8 Å². The molecule has 2 atom stereocenters. The van der Waals surface area contributed by atoms with Crippen molar-refractivity contribution in [3.8, 4) is 0 Å². The fourth-order valence-corrected chi connectivity index (χ4v) is 5.96. The van der Waals surface area contributed by atoms with Crippen LogP contribution >= 0.6 is 12.2 Å². The molecule has 4 rings (SSSR count). The number of nitrogens with two attached hydrogens (primary N) is 1. The maximum absolute atomic E-state index is 12.4. The quantitative estimate of drug-likeness (QED) is 0.768. The fourth-order valence-electron chi connectivity index (χ4n) is 5.69. The van der Waals surface area contributed by atoms with Gasteiger partial charge in [0.1, 0.15) is 0 Å². The summed E-state index contributed by atoms with van der Waals surface area (Å²) in [5, 5.41) is 3.26. The molecule has 0 saturated heterocycles. The standard InChI is InChI=1S/C17H28N2OS/c1-3-14(15(18)21)16(20)19-10(2)17-7-11-4-12(8-17)6-13(5-11)9-17/h10-14H,3-9H2,1-2H3,(H2,18,21)(H,19,20). The average Bonchev–Trinajstić information content (AvgIpc) is 2.37. The van der Waals surface area contributed by atoms with Crippen molar-refractivity contribution < 1.29 is 4.79 Å². The number of carbonyl (C=O) groups excluding carboxylic acids is 1. The second-order valence-electron chi connectivity index (χ2n) is 7.87. The molecule has 4 bridgehead atoms. The number of nitrogens with one attached hydrogen (secondary N) is 1. The second kappa shape index (κ2) is 5.53. The Balaban J connectivity index is 1.69. The fraction of sp³-hybridized carbons (Fsp3) is 0.882. The summed E-state index contributed by atoms with van der Waals surface area (Å²) in [5.41, 5.74) is 6.05. The van der Waals surface area contributed by atoms with E-state index in [9.17, 15) is 4.79 Å². The Bertz CT molecular complexity index is 413. The molecular weight excluding hydrogens is 280 g/mol. The summed E-state index contributed by atoms with van der Waals surface area (Å²) in [6.45, 7) is 4.18. The Morgan fingerprint density at radius 2 is 1.71 bits per heavy atom. The molecule has 0 aromatic heterocycles. The predicted octanol–water partition coefficient (Wildman–Crippen LogP) is 3.02. The zero-order chi connectivity index (χ0) is 15.2. The Kier molecular flexibility index (Phi) is 4.02. The van der Waals surface area contributed by atoms with Crippen molar-refractivity contribution in [1.82, 2.24) is 5.32 Å². The van der Waals surface area contributed by atoms with E-state index in [1.165, 1.54) is 38.5 Å². The summed E-state index contributed by atoms with van der Waals surface area (Å²) in [4.78, 5) is 12.8. The van der Waals surface area contributed by atoms with E-state index in [1.807, 2.05) is 6.92 Å². The SMILES string of the molecule is CCC(C(=O)NC(C)C12CC3CC(CC(C3)C1)C2)C(N)=S. The Labute approximate surface area is 133 Å². The minimum absolute atomic E-state index is 0.0354. The Morgan fingerprint density at radius 1 is 1.24 bits per heavy atom. The van der Waals surface area contributed by atoms with Crippen LogP contribution in [0.15, 0.2) is 0 Å². The number of carbonyl (C=O) groups is 1. The van der Waals surface area contributed by atoms with Crippen molar-refractivity contribution >= 4 is 23.1 Å². The first kappa shape index (κ1) is 15.3. The van der Waals surface area contributed by atoms with Crippen LogP contribution in [-0.2, 0) is 4.79 Å². The summed E-state index contributed by atoms with van der Waals surface area (Å²) < 4.78 is 0. The highest BCUT2D eigenvalue weighted by Crippen LogP contribution is 2.61. The van der Waals surface area contributed by atoms with Crippen LogP contribution < -0.4 is 11.1 Å². The van der Waals surface area contributed by atoms with Gasteiger partial charge in [-0.1, -0.05) is 19.1 Å². The lowest BCUT2D eigenvalue weighted by molar-refractivity contribution is -0.127. The molecule has 0 aromatic carbocycles. The molecule has 0 spiro atoms. The molecule has 4 saturated carbocycles. The number of hydrogen-bond donors (Lipinski definition) is 2. The summed E-state index contributed by atoms with van der Waals surface area (Å²) in [6.07, 6.45) is 8.92. The molecule has 1 amide bonds. The van der Waals surface area contributed by atoms with Gasteiger partial charge in [0.15, 0.2) is 0 Å². The zero-order valence-electron chi connectivity index (χ0n) is 13.2. The Hall–Kier alpha value is -0.640. The van der Waals surface area contributed by atoms with Gasteiger partial charge in [0, 0.05) is 6.04 Å². The van der Waals surface area contributed by atoms with E-state index in [2.05, 4.69) is 12.2 Å². The first-order chi connectivity index (χ1) is 9.93. The van der Waals surface area contributed by atoms with Gasteiger partial charge in [-0.25, -0.2) is 0 Å². The molecule has 4 fully saturated rings. The zero-order valence-corrected chi connectivity index (χ0v) is 14.0. The van der Waals surface area contributed by atoms with Crippen LogP contribution in [0.1, 0.15) is 58.8 Å². The second-order valence-corrected chi connectivity index (χ2v) is 8.34. The third-order valence-corrected chi connectivity index (χ3v) is 6.72. The van der Waals surface area contributed by atoms with E-state index >= 15 is 0 Å². The van der Waals surface area contributed by atoms with E-state index in [4.69, 9.17) is 18.0 Å². The largest absolute Gasteiger partial charge is 0.393 e. The first-order valence-corrected chi connectivity index (χ1v) is 8.94. The molecular formula is C17H28N2OS. The normalized spacial score (nSPS) is 39.8. The average molecular weight is 308 g/mol. The summed E-state index contributed by atoms with van der Waals surface area (Å²) >= 11 is 5.03. The van der Waals surface area contributed by atoms with Gasteiger partial charge in [-0.05, 0) is 75.0 Å². The van der Waals surface area contributed by atoms with E-state index in [0.29, 0.717) is 16.8 Å². The van der Waals surface area contributed by atoms with Gasteiger partial charge in [0.05, 0.1) is 10.9 Å². The van der Waals surface area contributed by atoms with Crippen molar-refractivity contribution in [3.05, 3.63) is 0 Å². The predicted molar refractivity (Wildman–Crippen MR) is 88.8 cm³/mol. The topological polar surface area (TPSA) is 55.1 Å². The minimum Gasteiger partial charge on any atom is -0.393 e. The third kappa shape index (κ3) is 2.71. The maximum atomic E-state index is 12.4. The van der Waals surface area contributed by atoms with Crippen molar-refractivity contribution in [1.29, 1.82) is 0 Å². The lowest BCUT2D eigenvalue weighted by atomic mass is 9.48. The molecule has 4 aliphatic carbocycles. The molecule has 3 nitrogen and oxygen atoms in total. The number of thiocarbonyl (C=S) groups is 1. The molecule has 118 valence electrons. The molecule has 4 heteroatoms. The lowest BCUT2D eigenvalue weighted by Crippen LogP contribution is -2.57. The van der Waals surface area contributed by atoms with Gasteiger partial charge in [-0.15, -0.1) is 0 Å². The molecule has 21 heavy (non-hydrogen) atoms. The van der Waals surface area contributed by atoms with Gasteiger partial charge in [-0.2, -0.15) is 0 Å². The highest BCUT2D eigenvalue weighted by molar-refractivity contribution is 7.80. The van der Waals surface area contributed by atoms with E-state index < -0.39 is 0 Å². The van der Waals surface area contributed by atoms with Crippen molar-refractivity contribution in [2.75, 3.05) is 0 Å². The first-order valence-electron chi connectivity index (χ1n) is 8.53. The van der Waals surface area contributed by atoms with Crippen LogP contribution in [0, 0.1) is 29.1 Å². The molecule has 0 heterocycles. The molecule has 3 N–H and O–H groups in total. The monoisotopic (exact) mass is 308 g/mol. The molecule has 0 aliphatic heterocycles. The van der Waals surface area contributed by atoms with Crippen LogP contribution in [0.25, 0.3) is 0 Å². The van der Waals surface area contributed by atoms with Gasteiger partial charge < -0.3 is 11.1 Å². The van der Waals surface area contributed by atoms with E-state index in [-0.39, 0.29) is 17.9 Å². The summed E-state index contributed by atoms with van der Waals surface area (Å²) in [5.74, 6) is 2.46. The van der Waals surface area contributed by atoms with Crippen molar-refractivity contribution in [2.24, 2.45) is 34.8 Å². The number of amides is 1. The number of rotatable bonds is 5. The number of hydrogen-bond acceptors (Lipinski definition) is 2. The highest BCUT2D eigenvalue weighted by atomic mass is 32.1. The van der Waals surface area contributed by atoms with Crippen LogP contribution in [0.5, 0.6) is 0 Å². The Morgan fingerprint density at radius 3 is 2.10 bits per heavy atom. The molecule has 2 unspecified atom stereocenters. The molecule has 0 aromatic rings. The third-order valence-electron chi connectivity index (χ3n) is 6.43. The highest BCUT2D eigenvalue weighted by Gasteiger charge is 2.53. The summed E-state index contributed by atoms with van der Waals surface area (Å²) in [7, 11) is 0. The lowest BCUT2D eigenvalue weighted by Gasteiger charge is -2.59. The molecule has 4 aliphatic rings. The summed E-state index contributed by atoms with van der Waals surface area (Å²) in [6, 6.07) is 0.252. The van der Waals surface area contributed by atoms with Gasteiger partial charge in [0.2, 0.25) is 5.91 Å². The molecule has 0 radical (unpaired) electrons. The maximum Gasteiger partial charge on any atom is 0.230 e. The van der Waals surface area contributed by atoms with Crippen LogP contribution in [0.2, 0.25) is 0 Å². The van der Waals surface area contributed by atoms with Crippen molar-refractivity contribution in [2.45, 2.75) is 64.8 Å². The van der Waals surface area contributed by atoms with Crippen LogP contribution in [0.3, 0.4) is 0 Å². The van der Waals surface area contributed by atoms with Gasteiger partial charge >= 0.3 is 0 Å². The van der Waals surface area contributed by atoms with Gasteiger partial charge in [0.25, 0.3) is 0 Å². The van der Waals surface area contributed by atoms with E-state index in [1.54, 1.807) is 0 Å². The van der Waals surface area contributed by atoms with Crippen LogP contribution in [-0.4, -0.2) is 16.9 Å². The van der Waals surface area contributed by atoms with Crippen molar-refractivity contribution in [3.63, 3.8) is 0 Å².